The number of aryl methyl sites for hydroxylation is 1. The second kappa shape index (κ2) is 11.4. The molecule has 0 aliphatic carbocycles. The van der Waals surface area contributed by atoms with Crippen molar-refractivity contribution in [1.82, 2.24) is 10.3 Å². The molecule has 1 N–H and O–H groups in total. The maximum atomic E-state index is 12.6. The molecular weight excluding hydrogens is 384 g/mol. The van der Waals surface area contributed by atoms with Gasteiger partial charge in [-0.1, -0.05) is 81.3 Å². The van der Waals surface area contributed by atoms with Crippen molar-refractivity contribution in [3.05, 3.63) is 89.0 Å². The monoisotopic (exact) mass is 412 g/mol. The lowest BCUT2D eigenvalue weighted by Crippen LogP contribution is -2.28. The Morgan fingerprint density at radius 2 is 2.07 bits per heavy atom. The Bertz CT molecular complexity index is 856. The lowest BCUT2D eigenvalue weighted by atomic mass is 10.1. The second-order valence-corrected chi connectivity index (χ2v) is 7.94. The number of allylic oxidation sites excluding steroid dienone is 3. The van der Waals surface area contributed by atoms with Crippen molar-refractivity contribution in [2.45, 2.75) is 38.7 Å². The van der Waals surface area contributed by atoms with E-state index < -0.39 is 6.10 Å². The van der Waals surface area contributed by atoms with Gasteiger partial charge in [0.05, 0.1) is 11.2 Å². The highest BCUT2D eigenvalue weighted by Gasteiger charge is 2.20. The van der Waals surface area contributed by atoms with Gasteiger partial charge in [0.25, 0.3) is 5.91 Å². The molecular formula is C23H28N2O3S. The molecule has 2 aromatic rings. The first kappa shape index (κ1) is 22.7. The Kier molecular flexibility index (Phi) is 8.96. The number of carbonyl (C=O) groups is 1. The van der Waals surface area contributed by atoms with Gasteiger partial charge < -0.3 is 14.5 Å². The molecule has 0 saturated heterocycles. The van der Waals surface area contributed by atoms with E-state index in [9.17, 15) is 4.79 Å². The average molecular weight is 413 g/mol. The zero-order chi connectivity index (χ0) is 21.2. The van der Waals surface area contributed by atoms with Crippen molar-refractivity contribution in [3.63, 3.8) is 0 Å². The molecule has 6 heteroatoms. The molecule has 0 saturated carbocycles. The number of aromatic nitrogens is 1. The number of amides is 1. The largest absolute Gasteiger partial charge is 0.445 e. The topological polar surface area (TPSA) is 64.4 Å². The number of hydrogen-bond acceptors (Lipinski definition) is 5. The normalized spacial score (nSPS) is 12.6. The van der Waals surface area contributed by atoms with E-state index in [2.05, 4.69) is 37.3 Å². The zero-order valence-electron chi connectivity index (χ0n) is 17.2. The van der Waals surface area contributed by atoms with Gasteiger partial charge in [-0.25, -0.2) is 4.98 Å². The zero-order valence-corrected chi connectivity index (χ0v) is 18.0. The number of oxazole rings is 1. The summed E-state index contributed by atoms with van der Waals surface area (Å²) < 4.78 is 11.1. The molecule has 5 nitrogen and oxygen atoms in total. The van der Waals surface area contributed by atoms with Crippen LogP contribution in [0.2, 0.25) is 0 Å². The minimum absolute atomic E-state index is 0.261. The molecule has 2 rings (SSSR count). The fourth-order valence-electron chi connectivity index (χ4n) is 2.65. The molecule has 1 aromatic heterocycles. The summed E-state index contributed by atoms with van der Waals surface area (Å²) in [4.78, 5) is 17.9. The lowest BCUT2D eigenvalue weighted by Gasteiger charge is -2.17. The van der Waals surface area contributed by atoms with E-state index in [1.807, 2.05) is 36.4 Å². The van der Waals surface area contributed by atoms with Crippen molar-refractivity contribution in [3.8, 4) is 0 Å². The summed E-state index contributed by atoms with van der Waals surface area (Å²) >= 11 is 1.39. The number of rotatable bonds is 11. The highest BCUT2D eigenvalue weighted by molar-refractivity contribution is 8.06. The number of methoxy groups -OCH3 is 1. The van der Waals surface area contributed by atoms with Crippen LogP contribution in [-0.4, -0.2) is 18.0 Å². The first-order valence-electron chi connectivity index (χ1n) is 9.46. The van der Waals surface area contributed by atoms with Gasteiger partial charge in [0.1, 0.15) is 5.76 Å². The molecule has 1 amide bonds. The van der Waals surface area contributed by atoms with Crippen LogP contribution in [0.3, 0.4) is 0 Å². The van der Waals surface area contributed by atoms with Crippen LogP contribution in [0.4, 0.5) is 0 Å². The Morgan fingerprint density at radius 1 is 1.34 bits per heavy atom. The number of carbonyl (C=O) groups excluding carboxylic acids is 1. The van der Waals surface area contributed by atoms with Gasteiger partial charge in [-0.05, 0) is 16.9 Å². The van der Waals surface area contributed by atoms with Crippen molar-refractivity contribution in [2.24, 2.45) is 0 Å². The Morgan fingerprint density at radius 3 is 2.66 bits per heavy atom. The maximum Gasteiger partial charge on any atom is 0.258 e. The van der Waals surface area contributed by atoms with Crippen LogP contribution >= 0.6 is 11.8 Å². The SMILES string of the molecule is C=C/C=C(/CCc1ncc(C(C)C)o1)SC(=C)NC(=O)[C@H](OC)c1ccccc1. The molecule has 29 heavy (non-hydrogen) atoms. The van der Waals surface area contributed by atoms with Crippen LogP contribution in [0.1, 0.15) is 49.5 Å². The van der Waals surface area contributed by atoms with E-state index in [1.165, 1.54) is 18.9 Å². The van der Waals surface area contributed by atoms with Gasteiger partial charge >= 0.3 is 0 Å². The van der Waals surface area contributed by atoms with Crippen molar-refractivity contribution in [1.29, 1.82) is 0 Å². The fraction of sp³-hybridized carbons (Fsp3) is 0.304. The standard InChI is InChI=1S/C23H28N2O3S/c1-6-10-19(13-14-21-24-15-20(28-21)16(2)3)29-17(4)25-23(26)22(27-5)18-11-8-7-9-12-18/h6-12,15-16,22H,1,4,13-14H2,2-3,5H3,(H,25,26)/b19-10-/t22-/m1/s1. The second-order valence-electron chi connectivity index (χ2n) is 6.72. The summed E-state index contributed by atoms with van der Waals surface area (Å²) in [7, 11) is 1.51. The molecule has 0 radical (unpaired) electrons. The third-order valence-electron chi connectivity index (χ3n) is 4.12. The molecule has 0 fully saturated rings. The van der Waals surface area contributed by atoms with Crippen LogP contribution in [0, 0.1) is 0 Å². The quantitative estimate of drug-likeness (QED) is 0.493. The van der Waals surface area contributed by atoms with E-state index in [-0.39, 0.29) is 5.91 Å². The van der Waals surface area contributed by atoms with E-state index in [1.54, 1.807) is 12.3 Å². The van der Waals surface area contributed by atoms with Gasteiger partial charge in [0.15, 0.2) is 12.0 Å². The van der Waals surface area contributed by atoms with Gasteiger partial charge in [-0.15, -0.1) is 0 Å². The Hall–Kier alpha value is -2.57. The van der Waals surface area contributed by atoms with E-state index in [4.69, 9.17) is 9.15 Å². The van der Waals surface area contributed by atoms with E-state index in [0.29, 0.717) is 29.7 Å². The number of thioether (sulfide) groups is 1. The van der Waals surface area contributed by atoms with Crippen LogP contribution in [0.15, 0.2) is 76.2 Å². The highest BCUT2D eigenvalue weighted by Crippen LogP contribution is 2.28. The predicted molar refractivity (Wildman–Crippen MR) is 118 cm³/mol. The van der Waals surface area contributed by atoms with Gasteiger partial charge in [-0.2, -0.15) is 0 Å². The molecule has 0 aliphatic heterocycles. The molecule has 1 aromatic carbocycles. The summed E-state index contributed by atoms with van der Waals surface area (Å²) in [5, 5.41) is 3.35. The van der Waals surface area contributed by atoms with Crippen molar-refractivity contribution < 1.29 is 13.9 Å². The van der Waals surface area contributed by atoms with E-state index in [0.717, 1.165) is 16.2 Å². The number of nitrogens with zero attached hydrogens (tertiary/aromatic N) is 1. The highest BCUT2D eigenvalue weighted by atomic mass is 32.2. The van der Waals surface area contributed by atoms with E-state index >= 15 is 0 Å². The summed E-state index contributed by atoms with van der Waals surface area (Å²) in [6.45, 7) is 11.9. The first-order chi connectivity index (χ1) is 13.9. The molecule has 0 aliphatic rings. The van der Waals surface area contributed by atoms with Gasteiger partial charge in [0, 0.05) is 19.4 Å². The Labute approximate surface area is 176 Å². The van der Waals surface area contributed by atoms with Crippen molar-refractivity contribution >= 4 is 17.7 Å². The van der Waals surface area contributed by atoms with Gasteiger partial charge in [-0.3, -0.25) is 4.79 Å². The number of ether oxygens (including phenoxy) is 1. The molecule has 0 bridgehead atoms. The van der Waals surface area contributed by atoms with Crippen LogP contribution in [0.25, 0.3) is 0 Å². The lowest BCUT2D eigenvalue weighted by molar-refractivity contribution is -0.130. The minimum Gasteiger partial charge on any atom is -0.445 e. The van der Waals surface area contributed by atoms with Crippen LogP contribution in [0.5, 0.6) is 0 Å². The molecule has 1 atom stereocenters. The maximum absolute atomic E-state index is 12.6. The smallest absolute Gasteiger partial charge is 0.258 e. The van der Waals surface area contributed by atoms with Crippen LogP contribution in [-0.2, 0) is 16.0 Å². The summed E-state index contributed by atoms with van der Waals surface area (Å²) in [5.41, 5.74) is 0.789. The number of benzene rings is 1. The summed E-state index contributed by atoms with van der Waals surface area (Å²) in [5.74, 6) is 1.62. The van der Waals surface area contributed by atoms with Crippen LogP contribution < -0.4 is 5.32 Å². The molecule has 0 unspecified atom stereocenters. The molecule has 0 spiro atoms. The third-order valence-corrected chi connectivity index (χ3v) is 5.07. The average Bonchev–Trinajstić information content (AvgIpc) is 3.17. The predicted octanol–water partition coefficient (Wildman–Crippen LogP) is 5.51. The fourth-order valence-corrected chi connectivity index (χ4v) is 3.48. The van der Waals surface area contributed by atoms with Crippen molar-refractivity contribution in [2.75, 3.05) is 7.11 Å². The minimum atomic E-state index is -0.692. The molecule has 154 valence electrons. The Balaban J connectivity index is 1.93. The van der Waals surface area contributed by atoms with Gasteiger partial charge in [0.2, 0.25) is 0 Å². The number of hydrogen-bond donors (Lipinski definition) is 1. The third kappa shape index (κ3) is 7.07. The number of nitrogens with one attached hydrogen (secondary N) is 1. The molecule has 1 heterocycles. The first-order valence-corrected chi connectivity index (χ1v) is 10.3. The summed E-state index contributed by atoms with van der Waals surface area (Å²) in [6.07, 6.45) is 6.06. The summed E-state index contributed by atoms with van der Waals surface area (Å²) in [6, 6.07) is 9.35.